The highest BCUT2D eigenvalue weighted by atomic mass is 16.5. The van der Waals surface area contributed by atoms with Gasteiger partial charge in [0.05, 0.1) is 30.8 Å². The van der Waals surface area contributed by atoms with Crippen LogP contribution in [-0.2, 0) is 11.3 Å². The van der Waals surface area contributed by atoms with Crippen LogP contribution in [0.4, 0.5) is 0 Å². The fourth-order valence-corrected chi connectivity index (χ4v) is 1.59. The molecule has 0 saturated carbocycles. The Hall–Kier alpha value is -0.870. The maximum Gasteiger partial charge on any atom is 0.0950 e. The number of imidazole rings is 1. The average molecular weight is 239 g/mol. The second-order valence-electron chi connectivity index (χ2n) is 4.52. The van der Waals surface area contributed by atoms with Gasteiger partial charge in [0.1, 0.15) is 0 Å². The smallest absolute Gasteiger partial charge is 0.0950 e. The van der Waals surface area contributed by atoms with E-state index >= 15 is 0 Å². The number of aromatic nitrogens is 2. The predicted molar refractivity (Wildman–Crippen MR) is 70.0 cm³/mol. The molecular formula is C13H25N3O. The van der Waals surface area contributed by atoms with Gasteiger partial charge in [-0.25, -0.2) is 4.98 Å². The molecule has 1 heterocycles. The van der Waals surface area contributed by atoms with Crippen molar-refractivity contribution in [3.05, 3.63) is 18.2 Å². The van der Waals surface area contributed by atoms with E-state index in [4.69, 9.17) is 4.74 Å². The Morgan fingerprint density at radius 1 is 1.41 bits per heavy atom. The van der Waals surface area contributed by atoms with Gasteiger partial charge in [0.15, 0.2) is 0 Å². The highest BCUT2D eigenvalue weighted by molar-refractivity contribution is 5.04. The predicted octanol–water partition coefficient (Wildman–Crippen LogP) is 2.37. The van der Waals surface area contributed by atoms with Crippen molar-refractivity contribution in [3.63, 3.8) is 0 Å². The Morgan fingerprint density at radius 2 is 2.18 bits per heavy atom. The molecule has 0 fully saturated rings. The summed E-state index contributed by atoms with van der Waals surface area (Å²) in [7, 11) is 0. The van der Waals surface area contributed by atoms with Crippen molar-refractivity contribution >= 4 is 0 Å². The maximum absolute atomic E-state index is 5.69. The van der Waals surface area contributed by atoms with Gasteiger partial charge in [-0.2, -0.15) is 0 Å². The summed E-state index contributed by atoms with van der Waals surface area (Å²) in [4.78, 5) is 4.44. The third-order valence-electron chi connectivity index (χ3n) is 2.61. The Labute approximate surface area is 104 Å². The molecule has 1 unspecified atom stereocenters. The summed E-state index contributed by atoms with van der Waals surface area (Å²) in [6.07, 6.45) is 5.35. The summed E-state index contributed by atoms with van der Waals surface area (Å²) in [5, 5.41) is 3.48. The molecule has 1 N–H and O–H groups in total. The minimum Gasteiger partial charge on any atom is -0.377 e. The topological polar surface area (TPSA) is 39.1 Å². The van der Waals surface area contributed by atoms with Crippen molar-refractivity contribution in [2.45, 2.75) is 52.8 Å². The third kappa shape index (κ3) is 4.88. The van der Waals surface area contributed by atoms with Crippen LogP contribution in [0.2, 0.25) is 0 Å². The maximum atomic E-state index is 5.69. The molecule has 1 aromatic rings. The lowest BCUT2D eigenvalue weighted by atomic mass is 10.2. The molecule has 0 aliphatic rings. The molecule has 0 spiro atoms. The van der Waals surface area contributed by atoms with E-state index in [1.54, 1.807) is 0 Å². The zero-order valence-electron chi connectivity index (χ0n) is 11.4. The van der Waals surface area contributed by atoms with Crippen LogP contribution in [0.5, 0.6) is 0 Å². The zero-order chi connectivity index (χ0) is 12.7. The van der Waals surface area contributed by atoms with E-state index in [2.05, 4.69) is 48.8 Å². The second kappa shape index (κ2) is 7.45. The number of hydrogen-bond donors (Lipinski definition) is 1. The van der Waals surface area contributed by atoms with Gasteiger partial charge < -0.3 is 14.6 Å². The minimum atomic E-state index is 0.199. The van der Waals surface area contributed by atoms with Crippen LogP contribution in [0, 0.1) is 0 Å². The first-order valence-electron chi connectivity index (χ1n) is 6.54. The van der Waals surface area contributed by atoms with E-state index in [-0.39, 0.29) is 12.1 Å². The monoisotopic (exact) mass is 239 g/mol. The number of nitrogens with zero attached hydrogens (tertiary/aromatic N) is 2. The summed E-state index contributed by atoms with van der Waals surface area (Å²) in [5.74, 6) is 0. The molecule has 17 heavy (non-hydrogen) atoms. The van der Waals surface area contributed by atoms with E-state index in [1.807, 2.05) is 6.33 Å². The first kappa shape index (κ1) is 14.2. The normalized spacial score (nSPS) is 13.2. The summed E-state index contributed by atoms with van der Waals surface area (Å²) < 4.78 is 7.78. The lowest BCUT2D eigenvalue weighted by Crippen LogP contribution is -2.27. The van der Waals surface area contributed by atoms with E-state index < -0.39 is 0 Å². The minimum absolute atomic E-state index is 0.199. The summed E-state index contributed by atoms with van der Waals surface area (Å²) in [6.45, 7) is 11.0. The van der Waals surface area contributed by atoms with Gasteiger partial charge in [0, 0.05) is 12.7 Å². The second-order valence-corrected chi connectivity index (χ2v) is 4.52. The molecule has 0 aromatic carbocycles. The lowest BCUT2D eigenvalue weighted by molar-refractivity contribution is 0.0604. The number of hydrogen-bond acceptors (Lipinski definition) is 3. The largest absolute Gasteiger partial charge is 0.377 e. The van der Waals surface area contributed by atoms with Gasteiger partial charge in [0.2, 0.25) is 0 Å². The number of aryl methyl sites for hydroxylation is 1. The summed E-state index contributed by atoms with van der Waals surface area (Å²) in [5.41, 5.74) is 1.07. The van der Waals surface area contributed by atoms with Crippen LogP contribution in [0.3, 0.4) is 0 Å². The van der Waals surface area contributed by atoms with Crippen molar-refractivity contribution < 1.29 is 4.74 Å². The molecule has 0 aliphatic heterocycles. The summed E-state index contributed by atoms with van der Waals surface area (Å²) >= 11 is 0. The van der Waals surface area contributed by atoms with Crippen LogP contribution < -0.4 is 5.32 Å². The standard InChI is InChI=1S/C13H25N3O/c1-5-7-14-13(9-17-11(3)4)12-8-16(6-2)10-15-12/h8,10-11,13-14H,5-7,9H2,1-4H3. The molecular weight excluding hydrogens is 214 g/mol. The quantitative estimate of drug-likeness (QED) is 0.757. The lowest BCUT2D eigenvalue weighted by Gasteiger charge is -2.18. The molecule has 1 atom stereocenters. The van der Waals surface area contributed by atoms with Crippen LogP contribution in [0.1, 0.15) is 45.9 Å². The third-order valence-corrected chi connectivity index (χ3v) is 2.61. The van der Waals surface area contributed by atoms with Gasteiger partial charge in [-0.1, -0.05) is 6.92 Å². The van der Waals surface area contributed by atoms with Gasteiger partial charge in [-0.3, -0.25) is 0 Å². The van der Waals surface area contributed by atoms with Gasteiger partial charge in [-0.05, 0) is 33.7 Å². The molecule has 0 radical (unpaired) electrons. The van der Waals surface area contributed by atoms with Crippen molar-refractivity contribution in [2.24, 2.45) is 0 Å². The first-order chi connectivity index (χ1) is 8.17. The SMILES string of the molecule is CCCNC(COC(C)C)c1cn(CC)cn1. The fourth-order valence-electron chi connectivity index (χ4n) is 1.59. The van der Waals surface area contributed by atoms with E-state index in [9.17, 15) is 0 Å². The average Bonchev–Trinajstić information content (AvgIpc) is 2.77. The van der Waals surface area contributed by atoms with Crippen LogP contribution in [0.15, 0.2) is 12.5 Å². The van der Waals surface area contributed by atoms with E-state index in [0.717, 1.165) is 25.2 Å². The number of nitrogens with one attached hydrogen (secondary N) is 1. The molecule has 4 nitrogen and oxygen atoms in total. The highest BCUT2D eigenvalue weighted by Crippen LogP contribution is 2.12. The van der Waals surface area contributed by atoms with Crippen LogP contribution >= 0.6 is 0 Å². The van der Waals surface area contributed by atoms with Crippen LogP contribution in [0.25, 0.3) is 0 Å². The van der Waals surface area contributed by atoms with E-state index in [1.165, 1.54) is 0 Å². The molecule has 4 heteroatoms. The molecule has 98 valence electrons. The number of rotatable bonds is 8. The Balaban J connectivity index is 2.60. The Kier molecular flexibility index (Phi) is 6.22. The van der Waals surface area contributed by atoms with Crippen molar-refractivity contribution in [3.8, 4) is 0 Å². The molecule has 0 aliphatic carbocycles. The van der Waals surface area contributed by atoms with Gasteiger partial charge >= 0.3 is 0 Å². The Morgan fingerprint density at radius 3 is 2.71 bits per heavy atom. The molecule has 0 bridgehead atoms. The van der Waals surface area contributed by atoms with Crippen molar-refractivity contribution in [1.29, 1.82) is 0 Å². The van der Waals surface area contributed by atoms with Gasteiger partial charge in [-0.15, -0.1) is 0 Å². The van der Waals surface area contributed by atoms with E-state index in [0.29, 0.717) is 6.61 Å². The molecule has 0 amide bonds. The van der Waals surface area contributed by atoms with Crippen molar-refractivity contribution in [2.75, 3.05) is 13.2 Å². The molecule has 1 rings (SSSR count). The van der Waals surface area contributed by atoms with Gasteiger partial charge in [0.25, 0.3) is 0 Å². The first-order valence-corrected chi connectivity index (χ1v) is 6.54. The fraction of sp³-hybridized carbons (Fsp3) is 0.769. The summed E-state index contributed by atoms with van der Waals surface area (Å²) in [6, 6.07) is 0.199. The van der Waals surface area contributed by atoms with Crippen LogP contribution in [-0.4, -0.2) is 28.8 Å². The number of ether oxygens (including phenoxy) is 1. The molecule has 1 aromatic heterocycles. The zero-order valence-corrected chi connectivity index (χ0v) is 11.4. The highest BCUT2D eigenvalue weighted by Gasteiger charge is 2.14. The Bertz CT molecular complexity index is 309. The van der Waals surface area contributed by atoms with Crippen molar-refractivity contribution in [1.82, 2.24) is 14.9 Å². The molecule has 0 saturated heterocycles.